The molecule has 0 radical (unpaired) electrons. The molecular formula is C22H19FN2O5. The third kappa shape index (κ3) is 4.27. The number of esters is 2. The number of aromatic nitrogens is 2. The fourth-order valence-electron chi connectivity index (χ4n) is 2.91. The van der Waals surface area contributed by atoms with Gasteiger partial charge >= 0.3 is 11.9 Å². The quantitative estimate of drug-likeness (QED) is 0.458. The van der Waals surface area contributed by atoms with Crippen LogP contribution in [-0.4, -0.2) is 34.7 Å². The summed E-state index contributed by atoms with van der Waals surface area (Å²) in [6.07, 6.45) is 5.85. The summed E-state index contributed by atoms with van der Waals surface area (Å²) in [6.45, 7) is 3.43. The lowest BCUT2D eigenvalue weighted by molar-refractivity contribution is -0.136. The second-order valence-corrected chi connectivity index (χ2v) is 6.15. The van der Waals surface area contributed by atoms with Crippen molar-refractivity contribution >= 4 is 34.6 Å². The van der Waals surface area contributed by atoms with Crippen LogP contribution >= 0.6 is 0 Å². The molecule has 30 heavy (non-hydrogen) atoms. The summed E-state index contributed by atoms with van der Waals surface area (Å²) in [4.78, 5) is 41.8. The van der Waals surface area contributed by atoms with E-state index >= 15 is 0 Å². The molecule has 154 valence electrons. The van der Waals surface area contributed by atoms with E-state index in [1.54, 1.807) is 38.4 Å². The summed E-state index contributed by atoms with van der Waals surface area (Å²) in [5.41, 5.74) is -0.0982. The topological polar surface area (TPSA) is 87.5 Å². The largest absolute Gasteiger partial charge is 0.462 e. The fourth-order valence-corrected chi connectivity index (χ4v) is 2.91. The van der Waals surface area contributed by atoms with E-state index in [0.717, 1.165) is 12.1 Å². The van der Waals surface area contributed by atoms with Gasteiger partial charge in [-0.1, -0.05) is 0 Å². The van der Waals surface area contributed by atoms with E-state index in [9.17, 15) is 18.8 Å². The van der Waals surface area contributed by atoms with E-state index < -0.39 is 23.2 Å². The zero-order valence-electron chi connectivity index (χ0n) is 16.4. The molecule has 0 atom stereocenters. The second kappa shape index (κ2) is 9.13. The first-order valence-electron chi connectivity index (χ1n) is 9.27. The molecule has 1 aromatic carbocycles. The minimum Gasteiger partial charge on any atom is -0.462 e. The molecule has 7 nitrogen and oxygen atoms in total. The normalized spacial score (nSPS) is 11.4. The summed E-state index contributed by atoms with van der Waals surface area (Å²) in [5, 5.41) is -0.0644. The maximum absolute atomic E-state index is 13.9. The number of hydrogen-bond acceptors (Lipinski definition) is 6. The van der Waals surface area contributed by atoms with E-state index in [1.165, 1.54) is 22.9 Å². The predicted octanol–water partition coefficient (Wildman–Crippen LogP) is 3.27. The Morgan fingerprint density at radius 3 is 2.47 bits per heavy atom. The lowest BCUT2D eigenvalue weighted by Crippen LogP contribution is -2.23. The molecule has 0 fully saturated rings. The highest BCUT2D eigenvalue weighted by Gasteiger charge is 2.21. The van der Waals surface area contributed by atoms with Crippen LogP contribution in [0.15, 0.2) is 53.7 Å². The minimum absolute atomic E-state index is 0.0326. The zero-order valence-corrected chi connectivity index (χ0v) is 16.4. The molecule has 0 saturated carbocycles. The van der Waals surface area contributed by atoms with Gasteiger partial charge in [-0.25, -0.2) is 14.0 Å². The van der Waals surface area contributed by atoms with Crippen molar-refractivity contribution in [1.82, 2.24) is 9.55 Å². The number of pyridine rings is 2. The van der Waals surface area contributed by atoms with Gasteiger partial charge in [0.1, 0.15) is 17.1 Å². The van der Waals surface area contributed by atoms with Crippen LogP contribution < -0.4 is 5.43 Å². The number of carbonyl (C=O) groups excluding carboxylic acids is 2. The first-order valence-corrected chi connectivity index (χ1v) is 9.27. The first-order chi connectivity index (χ1) is 14.5. The average molecular weight is 410 g/mol. The van der Waals surface area contributed by atoms with Crippen LogP contribution in [0.5, 0.6) is 0 Å². The molecule has 3 rings (SSSR count). The molecule has 2 heterocycles. The van der Waals surface area contributed by atoms with E-state index in [4.69, 9.17) is 9.47 Å². The van der Waals surface area contributed by atoms with Crippen LogP contribution in [0.25, 0.3) is 22.7 Å². The standard InChI is InChI=1S/C22H19FN2O5/c1-3-29-21(27)17-13-25(18-6-5-15(23)12-16(18)20(17)26)19(22(28)30-4-2)11-14-7-9-24-10-8-14/h5-13H,3-4H2,1-2H3/b19-11-. The van der Waals surface area contributed by atoms with Crippen LogP contribution in [-0.2, 0) is 14.3 Å². The van der Waals surface area contributed by atoms with Crippen molar-refractivity contribution < 1.29 is 23.5 Å². The Kier molecular flexibility index (Phi) is 6.36. The van der Waals surface area contributed by atoms with Gasteiger partial charge < -0.3 is 14.0 Å². The lowest BCUT2D eigenvalue weighted by atomic mass is 10.1. The summed E-state index contributed by atoms with van der Waals surface area (Å²) >= 11 is 0. The smallest absolute Gasteiger partial charge is 0.355 e. The number of nitrogens with zero attached hydrogens (tertiary/aromatic N) is 2. The number of rotatable bonds is 6. The Balaban J connectivity index is 2.35. The van der Waals surface area contributed by atoms with Gasteiger partial charge in [-0.05, 0) is 55.8 Å². The Morgan fingerprint density at radius 1 is 1.10 bits per heavy atom. The molecule has 0 aliphatic carbocycles. The van der Waals surface area contributed by atoms with Gasteiger partial charge in [-0.3, -0.25) is 9.78 Å². The van der Waals surface area contributed by atoms with E-state index in [0.29, 0.717) is 5.56 Å². The van der Waals surface area contributed by atoms with Crippen LogP contribution in [0.4, 0.5) is 4.39 Å². The molecule has 2 aromatic heterocycles. The maximum Gasteiger partial charge on any atom is 0.355 e. The Morgan fingerprint density at radius 2 is 1.80 bits per heavy atom. The van der Waals surface area contributed by atoms with Crippen molar-refractivity contribution in [1.29, 1.82) is 0 Å². The van der Waals surface area contributed by atoms with Gasteiger partial charge in [0.25, 0.3) is 0 Å². The van der Waals surface area contributed by atoms with Gasteiger partial charge in [-0.2, -0.15) is 0 Å². The summed E-state index contributed by atoms with van der Waals surface area (Å²) in [5.74, 6) is -2.20. The molecule has 0 bridgehead atoms. The Hall–Kier alpha value is -3.81. The molecule has 0 saturated heterocycles. The highest BCUT2D eigenvalue weighted by atomic mass is 19.1. The van der Waals surface area contributed by atoms with Crippen molar-refractivity contribution in [3.8, 4) is 0 Å². The van der Waals surface area contributed by atoms with Crippen LogP contribution in [0, 0.1) is 5.82 Å². The van der Waals surface area contributed by atoms with E-state index in [-0.39, 0.29) is 35.4 Å². The van der Waals surface area contributed by atoms with E-state index in [1.807, 2.05) is 0 Å². The number of ether oxygens (including phenoxy) is 2. The van der Waals surface area contributed by atoms with Gasteiger partial charge in [0.15, 0.2) is 0 Å². The molecule has 8 heteroatoms. The average Bonchev–Trinajstić information content (AvgIpc) is 2.74. The Bertz CT molecular complexity index is 1190. The molecule has 0 unspecified atom stereocenters. The number of fused-ring (bicyclic) bond motifs is 1. The molecule has 0 N–H and O–H groups in total. The number of benzene rings is 1. The third-order valence-corrected chi connectivity index (χ3v) is 4.21. The zero-order chi connectivity index (χ0) is 21.7. The number of carbonyl (C=O) groups is 2. The second-order valence-electron chi connectivity index (χ2n) is 6.15. The maximum atomic E-state index is 13.9. The first kappa shape index (κ1) is 20.9. The molecule has 0 amide bonds. The minimum atomic E-state index is -0.866. The van der Waals surface area contributed by atoms with Gasteiger partial charge in [0.05, 0.1) is 18.7 Å². The molecule has 0 aliphatic heterocycles. The van der Waals surface area contributed by atoms with Gasteiger partial charge in [0.2, 0.25) is 5.43 Å². The molecule has 0 aliphatic rings. The van der Waals surface area contributed by atoms with E-state index in [2.05, 4.69) is 4.98 Å². The van der Waals surface area contributed by atoms with Gasteiger partial charge in [-0.15, -0.1) is 0 Å². The predicted molar refractivity (Wildman–Crippen MR) is 109 cm³/mol. The molecule has 0 spiro atoms. The van der Waals surface area contributed by atoms with Crippen LogP contribution in [0.1, 0.15) is 29.8 Å². The monoisotopic (exact) mass is 410 g/mol. The highest BCUT2D eigenvalue weighted by Crippen LogP contribution is 2.21. The highest BCUT2D eigenvalue weighted by molar-refractivity contribution is 6.17. The van der Waals surface area contributed by atoms with Crippen molar-refractivity contribution in [2.75, 3.05) is 13.2 Å². The lowest BCUT2D eigenvalue weighted by Gasteiger charge is -2.16. The van der Waals surface area contributed by atoms with Crippen LogP contribution in [0.2, 0.25) is 0 Å². The molecule has 3 aromatic rings. The summed E-state index contributed by atoms with van der Waals surface area (Å²) < 4.78 is 25.3. The summed E-state index contributed by atoms with van der Waals surface area (Å²) in [6, 6.07) is 6.90. The summed E-state index contributed by atoms with van der Waals surface area (Å²) in [7, 11) is 0. The van der Waals surface area contributed by atoms with Crippen molar-refractivity contribution in [3.63, 3.8) is 0 Å². The third-order valence-electron chi connectivity index (χ3n) is 4.21. The van der Waals surface area contributed by atoms with Crippen LogP contribution in [0.3, 0.4) is 0 Å². The van der Waals surface area contributed by atoms with Crippen molar-refractivity contribution in [2.45, 2.75) is 13.8 Å². The van der Waals surface area contributed by atoms with Crippen molar-refractivity contribution in [3.05, 3.63) is 76.1 Å². The fraction of sp³-hybridized carbons (Fsp3) is 0.182. The number of hydrogen-bond donors (Lipinski definition) is 0. The SMILES string of the molecule is CCOC(=O)/C(=C/c1ccncc1)n1cc(C(=O)OCC)c(=O)c2cc(F)ccc21. The number of halogens is 1. The van der Waals surface area contributed by atoms with Crippen molar-refractivity contribution in [2.24, 2.45) is 0 Å². The molecular weight excluding hydrogens is 391 g/mol. The Labute approximate surface area is 171 Å². The van der Waals surface area contributed by atoms with Gasteiger partial charge in [0, 0.05) is 24.0 Å².